The van der Waals surface area contributed by atoms with Crippen LogP contribution in [0.3, 0.4) is 0 Å². The summed E-state index contributed by atoms with van der Waals surface area (Å²) in [5, 5.41) is 14.3. The number of carboxylic acids is 1. The van der Waals surface area contributed by atoms with Crippen molar-refractivity contribution in [2.75, 3.05) is 0 Å². The zero-order chi connectivity index (χ0) is 26.6. The smallest absolute Gasteiger partial charge is 0.335 e. The van der Waals surface area contributed by atoms with Gasteiger partial charge >= 0.3 is 5.97 Å². The first-order valence-corrected chi connectivity index (χ1v) is 14.0. The highest BCUT2D eigenvalue weighted by molar-refractivity contribution is 9.10. The highest BCUT2D eigenvalue weighted by Gasteiger charge is 2.22. The fourth-order valence-electron chi connectivity index (χ4n) is 4.70. The van der Waals surface area contributed by atoms with Gasteiger partial charge in [0.1, 0.15) is 18.2 Å². The van der Waals surface area contributed by atoms with Gasteiger partial charge in [-0.05, 0) is 88.4 Å². The Labute approximate surface area is 236 Å². The van der Waals surface area contributed by atoms with Gasteiger partial charge in [0.25, 0.3) is 5.56 Å². The Kier molecular flexibility index (Phi) is 8.04. The first-order valence-electron chi connectivity index (χ1n) is 12.4. The average Bonchev–Trinajstić information content (AvgIpc) is 2.93. The lowest BCUT2D eigenvalue weighted by atomic mass is 9.88. The van der Waals surface area contributed by atoms with Crippen LogP contribution in [0, 0.1) is 0 Å². The molecule has 0 radical (unpaired) electrons. The molecule has 0 aliphatic heterocycles. The molecule has 194 valence electrons. The van der Waals surface area contributed by atoms with Gasteiger partial charge in [-0.3, -0.25) is 4.79 Å². The Morgan fingerprint density at radius 3 is 2.66 bits per heavy atom. The Balaban J connectivity index is 1.41. The van der Waals surface area contributed by atoms with E-state index in [9.17, 15) is 14.7 Å². The van der Waals surface area contributed by atoms with Gasteiger partial charge in [-0.25, -0.2) is 9.78 Å². The van der Waals surface area contributed by atoms with Crippen molar-refractivity contribution in [2.24, 2.45) is 5.10 Å². The number of ether oxygens (including phenoxy) is 1. The summed E-state index contributed by atoms with van der Waals surface area (Å²) in [6.07, 6.45) is 7.10. The molecule has 0 bridgehead atoms. The molecule has 7 nitrogen and oxygen atoms in total. The van der Waals surface area contributed by atoms with E-state index in [2.05, 4.69) is 37.0 Å². The number of carboxylic acid groups (broad SMARTS) is 1. The highest BCUT2D eigenvalue weighted by Crippen LogP contribution is 2.32. The number of nitrogens with zero attached hydrogens (tertiary/aromatic N) is 3. The van der Waals surface area contributed by atoms with Gasteiger partial charge in [-0.2, -0.15) is 9.78 Å². The number of fused-ring (bicyclic) bond motifs is 1. The summed E-state index contributed by atoms with van der Waals surface area (Å²) >= 11 is 7.01. The van der Waals surface area contributed by atoms with Crippen molar-refractivity contribution in [3.63, 3.8) is 0 Å². The summed E-state index contributed by atoms with van der Waals surface area (Å²) in [4.78, 5) is 29.6. The number of rotatable bonds is 7. The minimum absolute atomic E-state index is 0.185. The van der Waals surface area contributed by atoms with Gasteiger partial charge in [-0.1, -0.05) is 47.3 Å². The summed E-state index contributed by atoms with van der Waals surface area (Å²) in [5.74, 6) is 0.545. The molecule has 9 heteroatoms. The van der Waals surface area contributed by atoms with Crippen LogP contribution in [0.2, 0.25) is 0 Å². The molecule has 1 N–H and O–H groups in total. The van der Waals surface area contributed by atoms with E-state index in [-0.39, 0.29) is 23.6 Å². The second-order valence-electron chi connectivity index (χ2n) is 9.31. The van der Waals surface area contributed by atoms with Gasteiger partial charge in [0, 0.05) is 10.4 Å². The van der Waals surface area contributed by atoms with Crippen LogP contribution in [-0.4, -0.2) is 27.0 Å². The molecule has 1 heterocycles. The largest absolute Gasteiger partial charge is 0.488 e. The molecular weight excluding hydrogens is 614 g/mol. The third-order valence-electron chi connectivity index (χ3n) is 6.65. The lowest BCUT2D eigenvalue weighted by Crippen LogP contribution is -2.25. The molecule has 0 unspecified atom stereocenters. The van der Waals surface area contributed by atoms with Crippen molar-refractivity contribution < 1.29 is 14.6 Å². The Morgan fingerprint density at radius 1 is 1.08 bits per heavy atom. The minimum atomic E-state index is -0.975. The summed E-state index contributed by atoms with van der Waals surface area (Å²) in [6.45, 7) is 0.228. The number of aromatic carboxylic acids is 1. The maximum atomic E-state index is 13.5. The maximum absolute atomic E-state index is 13.5. The molecular formula is C29H25Br2N3O4. The standard InChI is InChI=1S/C29H25Br2N3O4/c30-22-10-11-25-23(15-22)28(35)34(27(33-25)20-6-2-1-3-7-20)32-16-18-9-12-26(24(31)14-18)38-17-19-5-4-8-21(13-19)29(36)37/h4-5,8-16,20H,1-3,6-7,17H2,(H,36,37). The van der Waals surface area contributed by atoms with Crippen LogP contribution in [-0.2, 0) is 6.61 Å². The van der Waals surface area contributed by atoms with E-state index in [0.717, 1.165) is 45.8 Å². The summed E-state index contributed by atoms with van der Waals surface area (Å²) in [6, 6.07) is 17.7. The number of aromatic nitrogens is 2. The third kappa shape index (κ3) is 5.89. The lowest BCUT2D eigenvalue weighted by Gasteiger charge is -2.22. The van der Waals surface area contributed by atoms with Crippen molar-refractivity contribution in [3.05, 3.63) is 102 Å². The zero-order valence-corrected chi connectivity index (χ0v) is 23.6. The molecule has 0 amide bonds. The summed E-state index contributed by atoms with van der Waals surface area (Å²) in [7, 11) is 0. The molecule has 0 atom stereocenters. The molecule has 5 rings (SSSR count). The summed E-state index contributed by atoms with van der Waals surface area (Å²) in [5.41, 5.74) is 2.26. The zero-order valence-electron chi connectivity index (χ0n) is 20.4. The molecule has 38 heavy (non-hydrogen) atoms. The van der Waals surface area contributed by atoms with Crippen molar-refractivity contribution in [2.45, 2.75) is 44.6 Å². The third-order valence-corrected chi connectivity index (χ3v) is 7.76. The molecule has 1 saturated carbocycles. The number of hydrogen-bond donors (Lipinski definition) is 1. The molecule has 1 fully saturated rings. The van der Waals surface area contributed by atoms with Crippen molar-refractivity contribution in [1.29, 1.82) is 0 Å². The van der Waals surface area contributed by atoms with Gasteiger partial charge in [-0.15, -0.1) is 0 Å². The quantitative estimate of drug-likeness (QED) is 0.217. The highest BCUT2D eigenvalue weighted by atomic mass is 79.9. The van der Waals surface area contributed by atoms with Crippen LogP contribution in [0.4, 0.5) is 0 Å². The summed E-state index contributed by atoms with van der Waals surface area (Å²) < 4.78 is 8.89. The predicted octanol–water partition coefficient (Wildman–Crippen LogP) is 7.13. The Hall–Kier alpha value is -3.30. The average molecular weight is 639 g/mol. The first-order chi connectivity index (χ1) is 18.4. The van der Waals surface area contributed by atoms with E-state index in [0.29, 0.717) is 22.5 Å². The van der Waals surface area contributed by atoms with E-state index in [4.69, 9.17) is 9.72 Å². The van der Waals surface area contributed by atoms with Gasteiger partial charge in [0.05, 0.1) is 27.2 Å². The van der Waals surface area contributed by atoms with Gasteiger partial charge < -0.3 is 9.84 Å². The maximum Gasteiger partial charge on any atom is 0.335 e. The first kappa shape index (κ1) is 26.3. The minimum Gasteiger partial charge on any atom is -0.488 e. The molecule has 1 aliphatic carbocycles. The monoisotopic (exact) mass is 637 g/mol. The molecule has 0 saturated heterocycles. The van der Waals surface area contributed by atoms with Crippen LogP contribution in [0.25, 0.3) is 10.9 Å². The number of halogens is 2. The molecule has 3 aromatic carbocycles. The molecule has 1 aromatic heterocycles. The van der Waals surface area contributed by atoms with Crippen LogP contribution in [0.5, 0.6) is 5.75 Å². The topological polar surface area (TPSA) is 93.8 Å². The van der Waals surface area contributed by atoms with Crippen molar-refractivity contribution in [1.82, 2.24) is 9.66 Å². The Bertz CT molecular complexity index is 1590. The van der Waals surface area contributed by atoms with E-state index in [1.807, 2.05) is 36.4 Å². The van der Waals surface area contributed by atoms with E-state index in [1.54, 1.807) is 30.5 Å². The van der Waals surface area contributed by atoms with E-state index < -0.39 is 5.97 Å². The van der Waals surface area contributed by atoms with E-state index in [1.165, 1.54) is 11.1 Å². The molecule has 1 aliphatic rings. The fraction of sp³-hybridized carbons (Fsp3) is 0.241. The van der Waals surface area contributed by atoms with Gasteiger partial charge in [0.15, 0.2) is 0 Å². The predicted molar refractivity (Wildman–Crippen MR) is 154 cm³/mol. The number of hydrogen-bond acceptors (Lipinski definition) is 5. The van der Waals surface area contributed by atoms with Crippen LogP contribution in [0.15, 0.2) is 79.5 Å². The van der Waals surface area contributed by atoms with Crippen molar-refractivity contribution >= 4 is 54.9 Å². The van der Waals surface area contributed by atoms with Crippen LogP contribution < -0.4 is 10.3 Å². The van der Waals surface area contributed by atoms with Crippen LogP contribution >= 0.6 is 31.9 Å². The van der Waals surface area contributed by atoms with E-state index >= 15 is 0 Å². The second-order valence-corrected chi connectivity index (χ2v) is 11.1. The fourth-order valence-corrected chi connectivity index (χ4v) is 5.57. The number of carbonyl (C=O) groups is 1. The molecule has 0 spiro atoms. The normalized spacial score (nSPS) is 14.3. The van der Waals surface area contributed by atoms with Crippen LogP contribution in [0.1, 0.15) is 65.3 Å². The lowest BCUT2D eigenvalue weighted by molar-refractivity contribution is 0.0696. The van der Waals surface area contributed by atoms with Crippen molar-refractivity contribution in [3.8, 4) is 5.75 Å². The Morgan fingerprint density at radius 2 is 1.89 bits per heavy atom. The second kappa shape index (κ2) is 11.6. The molecule has 4 aromatic rings. The SMILES string of the molecule is O=C(O)c1cccc(COc2ccc(C=Nn3c(C4CCCCC4)nc4ccc(Br)cc4c3=O)cc2Br)c1. The number of benzene rings is 3. The van der Waals surface area contributed by atoms with Gasteiger partial charge in [0.2, 0.25) is 0 Å².